The number of amides is 2. The molecule has 0 saturated carbocycles. The van der Waals surface area contributed by atoms with Gasteiger partial charge in [0.1, 0.15) is 5.70 Å². The van der Waals surface area contributed by atoms with Crippen molar-refractivity contribution in [3.05, 3.63) is 41.7 Å². The molecule has 0 atom stereocenters. The van der Waals surface area contributed by atoms with Gasteiger partial charge in [-0.25, -0.2) is 0 Å². The van der Waals surface area contributed by atoms with Gasteiger partial charge in [-0.2, -0.15) is 0 Å². The van der Waals surface area contributed by atoms with E-state index in [2.05, 4.69) is 5.32 Å². The first-order valence-corrected chi connectivity index (χ1v) is 6.35. The van der Waals surface area contributed by atoms with Gasteiger partial charge in [-0.1, -0.05) is 18.2 Å². The van der Waals surface area contributed by atoms with E-state index in [1.54, 1.807) is 7.05 Å². The summed E-state index contributed by atoms with van der Waals surface area (Å²) in [5.74, 6) is -0.559. The van der Waals surface area contributed by atoms with Gasteiger partial charge in [0.25, 0.3) is 11.8 Å². The molecule has 0 saturated heterocycles. The fraction of sp³-hybridized carbons (Fsp3) is 0.200. The molecule has 20 heavy (non-hydrogen) atoms. The molecular formula is C15H15N3O2. The topological polar surface area (TPSA) is 54.3 Å². The molecule has 2 amide bonds. The minimum atomic E-state index is -0.291. The molecule has 0 spiro atoms. The van der Waals surface area contributed by atoms with Gasteiger partial charge < -0.3 is 9.88 Å². The van der Waals surface area contributed by atoms with Gasteiger partial charge in [-0.3, -0.25) is 14.5 Å². The molecule has 2 heterocycles. The number of aryl methyl sites for hydroxylation is 1. The molecule has 1 aliphatic rings. The lowest BCUT2D eigenvalue weighted by atomic mass is 10.0. The summed E-state index contributed by atoms with van der Waals surface area (Å²) >= 11 is 0. The van der Waals surface area contributed by atoms with Crippen LogP contribution >= 0.6 is 0 Å². The SMILES string of the molecule is CNC1=C(c2cn(C)c3ccccc23)C(=O)N(C)C1=O. The molecule has 1 N–H and O–H groups in total. The average molecular weight is 269 g/mol. The molecule has 0 radical (unpaired) electrons. The Kier molecular flexibility index (Phi) is 2.64. The molecule has 1 aromatic carbocycles. The van der Waals surface area contributed by atoms with Crippen LogP contribution in [0, 0.1) is 0 Å². The van der Waals surface area contributed by atoms with Crippen molar-refractivity contribution in [3.8, 4) is 0 Å². The summed E-state index contributed by atoms with van der Waals surface area (Å²) in [5, 5.41) is 3.82. The van der Waals surface area contributed by atoms with E-state index >= 15 is 0 Å². The molecule has 3 rings (SSSR count). The first kappa shape index (κ1) is 12.5. The summed E-state index contributed by atoms with van der Waals surface area (Å²) in [6.07, 6.45) is 1.89. The van der Waals surface area contributed by atoms with Gasteiger partial charge in [0.15, 0.2) is 0 Å². The second kappa shape index (κ2) is 4.23. The van der Waals surface area contributed by atoms with E-state index in [1.807, 2.05) is 42.1 Å². The van der Waals surface area contributed by atoms with Crippen LogP contribution in [0.25, 0.3) is 16.5 Å². The van der Waals surface area contributed by atoms with Crippen molar-refractivity contribution in [1.29, 1.82) is 0 Å². The van der Waals surface area contributed by atoms with Crippen molar-refractivity contribution in [2.45, 2.75) is 0 Å². The zero-order valence-electron chi connectivity index (χ0n) is 11.6. The Balaban J connectivity index is 2.33. The molecule has 1 aromatic heterocycles. The highest BCUT2D eigenvalue weighted by Gasteiger charge is 2.37. The van der Waals surface area contributed by atoms with Crippen molar-refractivity contribution >= 4 is 28.3 Å². The summed E-state index contributed by atoms with van der Waals surface area (Å²) in [6.45, 7) is 0. The highest BCUT2D eigenvalue weighted by Crippen LogP contribution is 2.32. The molecule has 0 aliphatic carbocycles. The van der Waals surface area contributed by atoms with Crippen LogP contribution in [-0.4, -0.2) is 35.4 Å². The van der Waals surface area contributed by atoms with Crippen molar-refractivity contribution in [2.24, 2.45) is 7.05 Å². The number of carbonyl (C=O) groups excluding carboxylic acids is 2. The lowest BCUT2D eigenvalue weighted by Gasteiger charge is -2.05. The quantitative estimate of drug-likeness (QED) is 0.831. The van der Waals surface area contributed by atoms with Gasteiger partial charge in [0.05, 0.1) is 5.57 Å². The highest BCUT2D eigenvalue weighted by molar-refractivity contribution is 6.36. The van der Waals surface area contributed by atoms with Crippen molar-refractivity contribution in [1.82, 2.24) is 14.8 Å². The first-order chi connectivity index (χ1) is 9.56. The lowest BCUT2D eigenvalue weighted by molar-refractivity contribution is -0.135. The molecule has 5 heteroatoms. The predicted molar refractivity (Wildman–Crippen MR) is 76.7 cm³/mol. The number of hydrogen-bond acceptors (Lipinski definition) is 3. The zero-order valence-corrected chi connectivity index (χ0v) is 11.6. The van der Waals surface area contributed by atoms with Crippen LogP contribution in [0.15, 0.2) is 36.2 Å². The fourth-order valence-corrected chi connectivity index (χ4v) is 2.66. The molecular weight excluding hydrogens is 254 g/mol. The van der Waals surface area contributed by atoms with Gasteiger partial charge in [-0.05, 0) is 6.07 Å². The van der Waals surface area contributed by atoms with Gasteiger partial charge >= 0.3 is 0 Å². The Morgan fingerprint density at radius 1 is 1.05 bits per heavy atom. The van der Waals surface area contributed by atoms with Crippen LogP contribution in [0.2, 0.25) is 0 Å². The maximum absolute atomic E-state index is 12.3. The number of hydrogen-bond donors (Lipinski definition) is 1. The van der Waals surface area contributed by atoms with Crippen LogP contribution in [0.4, 0.5) is 0 Å². The molecule has 0 fully saturated rings. The Hall–Kier alpha value is -2.56. The van der Waals surface area contributed by atoms with Crippen LogP contribution in [0.1, 0.15) is 5.56 Å². The van der Waals surface area contributed by atoms with E-state index < -0.39 is 0 Å². The summed E-state index contributed by atoms with van der Waals surface area (Å²) in [5.41, 5.74) is 2.61. The number of likely N-dealkylation sites (N-methyl/N-ethyl adjacent to an activating group) is 2. The van der Waals surface area contributed by atoms with Crippen LogP contribution in [-0.2, 0) is 16.6 Å². The third-order valence-corrected chi connectivity index (χ3v) is 3.70. The fourth-order valence-electron chi connectivity index (χ4n) is 2.66. The minimum absolute atomic E-state index is 0.268. The number of para-hydroxylation sites is 1. The second-order valence-corrected chi connectivity index (χ2v) is 4.84. The largest absolute Gasteiger partial charge is 0.383 e. The number of aromatic nitrogens is 1. The monoisotopic (exact) mass is 269 g/mol. The van der Waals surface area contributed by atoms with E-state index in [0.29, 0.717) is 11.3 Å². The van der Waals surface area contributed by atoms with Crippen LogP contribution in [0.5, 0.6) is 0 Å². The smallest absolute Gasteiger partial charge is 0.277 e. The van der Waals surface area contributed by atoms with E-state index in [9.17, 15) is 9.59 Å². The number of fused-ring (bicyclic) bond motifs is 1. The summed E-state index contributed by atoms with van der Waals surface area (Å²) < 4.78 is 1.96. The summed E-state index contributed by atoms with van der Waals surface area (Å²) in [7, 11) is 5.08. The van der Waals surface area contributed by atoms with E-state index in [1.165, 1.54) is 7.05 Å². The Morgan fingerprint density at radius 3 is 2.45 bits per heavy atom. The summed E-state index contributed by atoms with van der Waals surface area (Å²) in [4.78, 5) is 25.5. The molecule has 0 unspecified atom stereocenters. The van der Waals surface area contributed by atoms with Crippen molar-refractivity contribution < 1.29 is 9.59 Å². The third kappa shape index (κ3) is 1.49. The Bertz CT molecular complexity index is 771. The lowest BCUT2D eigenvalue weighted by Crippen LogP contribution is -2.28. The van der Waals surface area contributed by atoms with Gasteiger partial charge in [0.2, 0.25) is 0 Å². The molecule has 1 aliphatic heterocycles. The van der Waals surface area contributed by atoms with Crippen molar-refractivity contribution in [2.75, 3.05) is 14.1 Å². The third-order valence-electron chi connectivity index (χ3n) is 3.70. The van der Waals surface area contributed by atoms with E-state index in [0.717, 1.165) is 21.4 Å². The minimum Gasteiger partial charge on any atom is -0.383 e. The average Bonchev–Trinajstić information content (AvgIpc) is 2.89. The summed E-state index contributed by atoms with van der Waals surface area (Å²) in [6, 6.07) is 7.83. The standard InChI is InChI=1S/C15H15N3O2/c1-16-13-12(14(19)18(3)15(13)20)10-8-17(2)11-7-5-4-6-9(10)11/h4-8,16H,1-3H3. The molecule has 0 bridgehead atoms. The van der Waals surface area contributed by atoms with Crippen LogP contribution in [0.3, 0.4) is 0 Å². The molecule has 2 aromatic rings. The maximum Gasteiger partial charge on any atom is 0.277 e. The second-order valence-electron chi connectivity index (χ2n) is 4.84. The number of imide groups is 1. The Labute approximate surface area is 116 Å². The predicted octanol–water partition coefficient (Wildman–Crippen LogP) is 1.11. The van der Waals surface area contributed by atoms with Crippen LogP contribution < -0.4 is 5.32 Å². The maximum atomic E-state index is 12.3. The number of nitrogens with zero attached hydrogens (tertiary/aromatic N) is 2. The number of carbonyl (C=O) groups is 2. The van der Waals surface area contributed by atoms with Crippen molar-refractivity contribution in [3.63, 3.8) is 0 Å². The van der Waals surface area contributed by atoms with Gasteiger partial charge in [0, 0.05) is 43.8 Å². The van der Waals surface area contributed by atoms with E-state index in [-0.39, 0.29) is 11.8 Å². The number of nitrogens with one attached hydrogen (secondary N) is 1. The number of rotatable bonds is 2. The first-order valence-electron chi connectivity index (χ1n) is 6.35. The highest BCUT2D eigenvalue weighted by atomic mass is 16.2. The molecule has 102 valence electrons. The zero-order chi connectivity index (χ0) is 14.4. The molecule has 5 nitrogen and oxygen atoms in total. The Morgan fingerprint density at radius 2 is 1.75 bits per heavy atom. The van der Waals surface area contributed by atoms with E-state index in [4.69, 9.17) is 0 Å². The van der Waals surface area contributed by atoms with Gasteiger partial charge in [-0.15, -0.1) is 0 Å². The number of benzene rings is 1. The normalized spacial score (nSPS) is 15.7.